The SMILES string of the molecule is CCCCC(N)C(=O)N1CCCC2(C1)NC(=O)NC2=O. The Morgan fingerprint density at radius 2 is 2.25 bits per heavy atom. The van der Waals surface area contributed by atoms with Crippen LogP contribution < -0.4 is 16.4 Å². The van der Waals surface area contributed by atoms with Gasteiger partial charge in [-0.25, -0.2) is 4.79 Å². The van der Waals surface area contributed by atoms with E-state index in [1.54, 1.807) is 4.90 Å². The zero-order valence-corrected chi connectivity index (χ0v) is 11.8. The Morgan fingerprint density at radius 1 is 1.50 bits per heavy atom. The highest BCUT2D eigenvalue weighted by atomic mass is 16.2. The smallest absolute Gasteiger partial charge is 0.322 e. The Kier molecular flexibility index (Phi) is 4.27. The molecule has 2 aliphatic rings. The summed E-state index contributed by atoms with van der Waals surface area (Å²) in [5.41, 5.74) is 4.94. The number of carbonyl (C=O) groups excluding carboxylic acids is 3. The van der Waals surface area contributed by atoms with E-state index in [0.717, 1.165) is 12.8 Å². The molecule has 0 aromatic rings. The molecule has 4 amide bonds. The van der Waals surface area contributed by atoms with Gasteiger partial charge in [0, 0.05) is 6.54 Å². The minimum atomic E-state index is -0.963. The highest BCUT2D eigenvalue weighted by molar-refractivity contribution is 6.07. The molecule has 2 fully saturated rings. The van der Waals surface area contributed by atoms with Crippen molar-refractivity contribution in [2.24, 2.45) is 5.73 Å². The van der Waals surface area contributed by atoms with Crippen molar-refractivity contribution >= 4 is 17.8 Å². The van der Waals surface area contributed by atoms with Crippen molar-refractivity contribution in [3.8, 4) is 0 Å². The monoisotopic (exact) mass is 282 g/mol. The molecule has 112 valence electrons. The third kappa shape index (κ3) is 2.77. The van der Waals surface area contributed by atoms with Crippen LogP contribution in [0.2, 0.25) is 0 Å². The standard InChI is InChI=1S/C13H22N4O3/c1-2-3-5-9(14)10(18)17-7-4-6-13(8-17)11(19)15-12(20)16-13/h9H,2-8,14H2,1H3,(H2,15,16,19,20). The number of hydrogen-bond acceptors (Lipinski definition) is 4. The lowest BCUT2D eigenvalue weighted by molar-refractivity contribution is -0.137. The number of piperidine rings is 1. The van der Waals surface area contributed by atoms with Crippen molar-refractivity contribution in [3.63, 3.8) is 0 Å². The van der Waals surface area contributed by atoms with E-state index in [4.69, 9.17) is 5.73 Å². The van der Waals surface area contributed by atoms with E-state index >= 15 is 0 Å². The fraction of sp³-hybridized carbons (Fsp3) is 0.769. The molecule has 4 N–H and O–H groups in total. The van der Waals surface area contributed by atoms with Crippen LogP contribution in [0.1, 0.15) is 39.0 Å². The second-order valence-corrected chi connectivity index (χ2v) is 5.60. The Balaban J connectivity index is 2.02. The molecule has 20 heavy (non-hydrogen) atoms. The van der Waals surface area contributed by atoms with Gasteiger partial charge in [0.05, 0.1) is 12.6 Å². The van der Waals surface area contributed by atoms with E-state index in [1.165, 1.54) is 0 Å². The first kappa shape index (κ1) is 14.8. The molecule has 7 heteroatoms. The molecule has 2 aliphatic heterocycles. The summed E-state index contributed by atoms with van der Waals surface area (Å²) < 4.78 is 0. The van der Waals surface area contributed by atoms with Gasteiger partial charge in [0.15, 0.2) is 0 Å². The molecule has 0 aromatic carbocycles. The summed E-state index contributed by atoms with van der Waals surface area (Å²) in [5.74, 6) is -0.478. The number of hydrogen-bond donors (Lipinski definition) is 3. The molecule has 0 radical (unpaired) electrons. The average Bonchev–Trinajstić information content (AvgIpc) is 2.69. The lowest BCUT2D eigenvalue weighted by Crippen LogP contribution is -2.61. The zero-order chi connectivity index (χ0) is 14.8. The van der Waals surface area contributed by atoms with E-state index in [2.05, 4.69) is 10.6 Å². The summed E-state index contributed by atoms with van der Waals surface area (Å²) in [4.78, 5) is 37.1. The number of likely N-dealkylation sites (tertiary alicyclic amines) is 1. The molecule has 2 unspecified atom stereocenters. The number of unbranched alkanes of at least 4 members (excludes halogenated alkanes) is 1. The van der Waals surface area contributed by atoms with Gasteiger partial charge in [0.1, 0.15) is 5.54 Å². The van der Waals surface area contributed by atoms with E-state index in [0.29, 0.717) is 25.8 Å². The van der Waals surface area contributed by atoms with E-state index in [-0.39, 0.29) is 18.4 Å². The maximum Gasteiger partial charge on any atom is 0.322 e. The van der Waals surface area contributed by atoms with Crippen molar-refractivity contribution < 1.29 is 14.4 Å². The number of nitrogens with two attached hydrogens (primary N) is 1. The minimum absolute atomic E-state index is 0.133. The molecule has 0 saturated carbocycles. The number of nitrogens with one attached hydrogen (secondary N) is 2. The molecule has 1 spiro atoms. The van der Waals surface area contributed by atoms with E-state index in [9.17, 15) is 14.4 Å². The molecule has 2 saturated heterocycles. The quantitative estimate of drug-likeness (QED) is 0.616. The Labute approximate surface area is 118 Å². The van der Waals surface area contributed by atoms with Crippen LogP contribution in [0.15, 0.2) is 0 Å². The third-order valence-electron chi connectivity index (χ3n) is 4.00. The highest BCUT2D eigenvalue weighted by Crippen LogP contribution is 2.25. The fourth-order valence-electron chi connectivity index (χ4n) is 2.84. The third-order valence-corrected chi connectivity index (χ3v) is 4.00. The van der Waals surface area contributed by atoms with Gasteiger partial charge in [-0.15, -0.1) is 0 Å². The predicted molar refractivity (Wildman–Crippen MR) is 72.7 cm³/mol. The van der Waals surface area contributed by atoms with Gasteiger partial charge in [0.2, 0.25) is 5.91 Å². The van der Waals surface area contributed by atoms with E-state index in [1.807, 2.05) is 6.92 Å². The number of carbonyl (C=O) groups is 3. The number of imide groups is 1. The van der Waals surface area contributed by atoms with Crippen LogP contribution >= 0.6 is 0 Å². The van der Waals surface area contributed by atoms with Crippen LogP contribution in [0.4, 0.5) is 4.79 Å². The Hall–Kier alpha value is -1.63. The molecule has 2 atom stereocenters. The number of urea groups is 1. The predicted octanol–water partition coefficient (Wildman–Crippen LogP) is -0.295. The first-order chi connectivity index (χ1) is 9.48. The lowest BCUT2D eigenvalue weighted by Gasteiger charge is -2.39. The molecule has 0 bridgehead atoms. The van der Waals surface area contributed by atoms with E-state index < -0.39 is 17.6 Å². The highest BCUT2D eigenvalue weighted by Gasteiger charge is 2.49. The Bertz CT molecular complexity index is 426. The summed E-state index contributed by atoms with van der Waals surface area (Å²) in [6, 6.07) is -1.01. The van der Waals surface area contributed by atoms with Gasteiger partial charge in [0.25, 0.3) is 5.91 Å². The van der Waals surface area contributed by atoms with Gasteiger partial charge in [-0.3, -0.25) is 14.9 Å². The summed E-state index contributed by atoms with van der Waals surface area (Å²) >= 11 is 0. The summed E-state index contributed by atoms with van der Waals surface area (Å²) in [7, 11) is 0. The summed E-state index contributed by atoms with van der Waals surface area (Å²) in [6.07, 6.45) is 3.78. The summed E-state index contributed by atoms with van der Waals surface area (Å²) in [6.45, 7) is 2.85. The topological polar surface area (TPSA) is 105 Å². The summed E-state index contributed by atoms with van der Waals surface area (Å²) in [5, 5.41) is 4.89. The molecule has 7 nitrogen and oxygen atoms in total. The maximum absolute atomic E-state index is 12.3. The molecule has 0 aromatic heterocycles. The average molecular weight is 282 g/mol. The minimum Gasteiger partial charge on any atom is -0.338 e. The molecule has 2 rings (SSSR count). The van der Waals surface area contributed by atoms with Crippen LogP contribution in [0.25, 0.3) is 0 Å². The van der Waals surface area contributed by atoms with Crippen LogP contribution in [0.5, 0.6) is 0 Å². The maximum atomic E-state index is 12.3. The molecular formula is C13H22N4O3. The Morgan fingerprint density at radius 3 is 2.85 bits per heavy atom. The van der Waals surface area contributed by atoms with Crippen molar-refractivity contribution in [2.75, 3.05) is 13.1 Å². The van der Waals surface area contributed by atoms with Crippen molar-refractivity contribution in [1.82, 2.24) is 15.5 Å². The van der Waals surface area contributed by atoms with Gasteiger partial charge < -0.3 is 16.0 Å². The van der Waals surface area contributed by atoms with Crippen molar-refractivity contribution in [1.29, 1.82) is 0 Å². The fourth-order valence-corrected chi connectivity index (χ4v) is 2.84. The number of rotatable bonds is 4. The molecule has 2 heterocycles. The van der Waals surface area contributed by atoms with Gasteiger partial charge >= 0.3 is 6.03 Å². The van der Waals surface area contributed by atoms with Gasteiger partial charge in [-0.2, -0.15) is 0 Å². The first-order valence-electron chi connectivity index (χ1n) is 7.16. The number of nitrogens with zero attached hydrogens (tertiary/aromatic N) is 1. The second-order valence-electron chi connectivity index (χ2n) is 5.60. The molecule has 0 aliphatic carbocycles. The largest absolute Gasteiger partial charge is 0.338 e. The zero-order valence-electron chi connectivity index (χ0n) is 11.8. The number of amides is 4. The van der Waals surface area contributed by atoms with Crippen molar-refractivity contribution in [2.45, 2.75) is 50.6 Å². The van der Waals surface area contributed by atoms with Crippen LogP contribution in [-0.2, 0) is 9.59 Å². The van der Waals surface area contributed by atoms with Crippen molar-refractivity contribution in [3.05, 3.63) is 0 Å². The first-order valence-corrected chi connectivity index (χ1v) is 7.16. The van der Waals surface area contributed by atoms with Gasteiger partial charge in [-0.05, 0) is 19.3 Å². The lowest BCUT2D eigenvalue weighted by atomic mass is 9.88. The second kappa shape index (κ2) is 5.78. The van der Waals surface area contributed by atoms with Crippen LogP contribution in [-0.4, -0.2) is 47.4 Å². The normalized spacial score (nSPS) is 27.4. The molecular weight excluding hydrogens is 260 g/mol. The van der Waals surface area contributed by atoms with Crippen LogP contribution in [0.3, 0.4) is 0 Å². The van der Waals surface area contributed by atoms with Crippen LogP contribution in [0, 0.1) is 0 Å². The van der Waals surface area contributed by atoms with Gasteiger partial charge in [-0.1, -0.05) is 19.8 Å².